The number of hydrogen-bond donors (Lipinski definition) is 1. The SMILES string of the molecule is Cc1cc(C)cc(Cn2ccc3ccc(CCN)cc32)c1. The van der Waals surface area contributed by atoms with Crippen molar-refractivity contribution in [3.05, 3.63) is 70.9 Å². The summed E-state index contributed by atoms with van der Waals surface area (Å²) in [6, 6.07) is 15.6. The van der Waals surface area contributed by atoms with E-state index in [0.29, 0.717) is 6.54 Å². The first kappa shape index (κ1) is 13.9. The Bertz CT molecular complexity index is 748. The van der Waals surface area contributed by atoms with E-state index in [9.17, 15) is 0 Å². The van der Waals surface area contributed by atoms with Gasteiger partial charge in [-0.2, -0.15) is 0 Å². The normalized spacial score (nSPS) is 11.2. The number of nitrogens with two attached hydrogens (primary N) is 1. The Balaban J connectivity index is 1.97. The minimum absolute atomic E-state index is 0.698. The summed E-state index contributed by atoms with van der Waals surface area (Å²) in [5, 5.41) is 1.29. The number of benzene rings is 2. The molecule has 0 aliphatic carbocycles. The first-order chi connectivity index (χ1) is 10.2. The molecule has 1 heterocycles. The van der Waals surface area contributed by atoms with Crippen molar-refractivity contribution in [1.82, 2.24) is 4.57 Å². The van der Waals surface area contributed by atoms with E-state index in [0.717, 1.165) is 13.0 Å². The van der Waals surface area contributed by atoms with Gasteiger partial charge in [0, 0.05) is 18.3 Å². The van der Waals surface area contributed by atoms with Crippen molar-refractivity contribution in [3.8, 4) is 0 Å². The van der Waals surface area contributed by atoms with Crippen LogP contribution in [0.3, 0.4) is 0 Å². The molecule has 0 aliphatic rings. The molecule has 2 nitrogen and oxygen atoms in total. The van der Waals surface area contributed by atoms with E-state index >= 15 is 0 Å². The molecule has 0 aliphatic heterocycles. The van der Waals surface area contributed by atoms with E-state index < -0.39 is 0 Å². The molecule has 1 aromatic heterocycles. The van der Waals surface area contributed by atoms with Crippen LogP contribution in [-0.4, -0.2) is 11.1 Å². The van der Waals surface area contributed by atoms with Crippen LogP contribution in [0.1, 0.15) is 22.3 Å². The smallest absolute Gasteiger partial charge is 0.0486 e. The van der Waals surface area contributed by atoms with Gasteiger partial charge in [-0.25, -0.2) is 0 Å². The Labute approximate surface area is 126 Å². The fourth-order valence-electron chi connectivity index (χ4n) is 3.05. The average molecular weight is 278 g/mol. The van der Waals surface area contributed by atoms with E-state index in [4.69, 9.17) is 5.73 Å². The van der Waals surface area contributed by atoms with Gasteiger partial charge in [0.25, 0.3) is 0 Å². The van der Waals surface area contributed by atoms with E-state index in [1.807, 2.05) is 0 Å². The number of nitrogens with zero attached hydrogens (tertiary/aromatic N) is 1. The molecule has 0 spiro atoms. The van der Waals surface area contributed by atoms with Gasteiger partial charge in [-0.05, 0) is 55.5 Å². The minimum atomic E-state index is 0.698. The summed E-state index contributed by atoms with van der Waals surface area (Å²) in [4.78, 5) is 0. The topological polar surface area (TPSA) is 30.9 Å². The van der Waals surface area contributed by atoms with Gasteiger partial charge in [-0.15, -0.1) is 0 Å². The maximum Gasteiger partial charge on any atom is 0.0486 e. The monoisotopic (exact) mass is 278 g/mol. The van der Waals surface area contributed by atoms with Crippen molar-refractivity contribution >= 4 is 10.9 Å². The Hall–Kier alpha value is -2.06. The van der Waals surface area contributed by atoms with Gasteiger partial charge >= 0.3 is 0 Å². The highest BCUT2D eigenvalue weighted by Crippen LogP contribution is 2.20. The lowest BCUT2D eigenvalue weighted by molar-refractivity contribution is 0.833. The zero-order valence-electron chi connectivity index (χ0n) is 12.8. The Kier molecular flexibility index (Phi) is 3.80. The van der Waals surface area contributed by atoms with Crippen LogP contribution in [0.15, 0.2) is 48.7 Å². The Morgan fingerprint density at radius 3 is 2.38 bits per heavy atom. The van der Waals surface area contributed by atoms with Gasteiger partial charge in [-0.3, -0.25) is 0 Å². The first-order valence-electron chi connectivity index (χ1n) is 7.51. The highest BCUT2D eigenvalue weighted by Gasteiger charge is 2.04. The number of fused-ring (bicyclic) bond motifs is 1. The zero-order valence-corrected chi connectivity index (χ0v) is 12.8. The number of aromatic nitrogens is 1. The van der Waals surface area contributed by atoms with Gasteiger partial charge < -0.3 is 10.3 Å². The van der Waals surface area contributed by atoms with Crippen LogP contribution in [0.5, 0.6) is 0 Å². The molecule has 108 valence electrons. The van der Waals surface area contributed by atoms with Crippen molar-refractivity contribution in [2.24, 2.45) is 5.73 Å². The van der Waals surface area contributed by atoms with Crippen LogP contribution in [0.2, 0.25) is 0 Å². The molecule has 0 atom stereocenters. The number of aryl methyl sites for hydroxylation is 2. The van der Waals surface area contributed by atoms with Crippen LogP contribution in [0, 0.1) is 13.8 Å². The standard InChI is InChI=1S/C19H22N2/c1-14-9-15(2)11-17(10-14)13-21-8-6-18-4-3-16(5-7-20)12-19(18)21/h3-4,6,8-12H,5,7,13,20H2,1-2H3. The second kappa shape index (κ2) is 5.74. The minimum Gasteiger partial charge on any atom is -0.343 e. The molecule has 0 unspecified atom stereocenters. The second-order valence-corrected chi connectivity index (χ2v) is 5.87. The fraction of sp³-hybridized carbons (Fsp3) is 0.263. The molecular weight excluding hydrogens is 256 g/mol. The lowest BCUT2D eigenvalue weighted by Gasteiger charge is -2.09. The third-order valence-corrected chi connectivity index (χ3v) is 3.91. The highest BCUT2D eigenvalue weighted by molar-refractivity contribution is 5.81. The van der Waals surface area contributed by atoms with Crippen LogP contribution < -0.4 is 5.73 Å². The number of rotatable bonds is 4. The van der Waals surface area contributed by atoms with Crippen LogP contribution in [0.4, 0.5) is 0 Å². The van der Waals surface area contributed by atoms with Crippen molar-refractivity contribution in [3.63, 3.8) is 0 Å². The third-order valence-electron chi connectivity index (χ3n) is 3.91. The summed E-state index contributed by atoms with van der Waals surface area (Å²) in [5.74, 6) is 0. The fourth-order valence-corrected chi connectivity index (χ4v) is 3.05. The maximum atomic E-state index is 5.67. The molecule has 0 saturated carbocycles. The van der Waals surface area contributed by atoms with Crippen molar-refractivity contribution in [2.75, 3.05) is 6.54 Å². The predicted octanol–water partition coefficient (Wildman–Crippen LogP) is 3.81. The largest absolute Gasteiger partial charge is 0.343 e. The summed E-state index contributed by atoms with van der Waals surface area (Å²) in [6.07, 6.45) is 3.11. The lowest BCUT2D eigenvalue weighted by Crippen LogP contribution is -2.03. The summed E-state index contributed by atoms with van der Waals surface area (Å²) in [5.41, 5.74) is 12.3. The van der Waals surface area contributed by atoms with Crippen LogP contribution in [0.25, 0.3) is 10.9 Å². The molecule has 21 heavy (non-hydrogen) atoms. The Morgan fingerprint density at radius 1 is 0.905 bits per heavy atom. The summed E-state index contributed by atoms with van der Waals surface area (Å²) in [6.45, 7) is 5.93. The van der Waals surface area contributed by atoms with Gasteiger partial charge in [0.1, 0.15) is 0 Å². The quantitative estimate of drug-likeness (QED) is 0.773. The molecule has 3 rings (SSSR count). The van der Waals surface area contributed by atoms with Crippen molar-refractivity contribution in [2.45, 2.75) is 26.8 Å². The summed E-state index contributed by atoms with van der Waals surface area (Å²) >= 11 is 0. The molecule has 2 aromatic carbocycles. The van der Waals surface area contributed by atoms with Gasteiger partial charge in [0.2, 0.25) is 0 Å². The van der Waals surface area contributed by atoms with Crippen molar-refractivity contribution < 1.29 is 0 Å². The van der Waals surface area contributed by atoms with E-state index in [-0.39, 0.29) is 0 Å². The average Bonchev–Trinajstić information content (AvgIpc) is 2.81. The number of hydrogen-bond acceptors (Lipinski definition) is 1. The molecule has 0 radical (unpaired) electrons. The van der Waals surface area contributed by atoms with Crippen LogP contribution >= 0.6 is 0 Å². The van der Waals surface area contributed by atoms with E-state index in [1.54, 1.807) is 0 Å². The van der Waals surface area contributed by atoms with Gasteiger partial charge in [-0.1, -0.05) is 41.5 Å². The molecular formula is C19H22N2. The molecule has 2 N–H and O–H groups in total. The van der Waals surface area contributed by atoms with Crippen molar-refractivity contribution in [1.29, 1.82) is 0 Å². The highest BCUT2D eigenvalue weighted by atomic mass is 14.9. The summed E-state index contributed by atoms with van der Waals surface area (Å²) < 4.78 is 2.32. The molecule has 2 heteroatoms. The molecule has 0 bridgehead atoms. The molecule has 0 saturated heterocycles. The Morgan fingerprint density at radius 2 is 1.67 bits per heavy atom. The molecule has 3 aromatic rings. The summed E-state index contributed by atoms with van der Waals surface area (Å²) in [7, 11) is 0. The predicted molar refractivity (Wildman–Crippen MR) is 89.7 cm³/mol. The lowest BCUT2D eigenvalue weighted by atomic mass is 10.1. The first-order valence-corrected chi connectivity index (χ1v) is 7.51. The van der Waals surface area contributed by atoms with Gasteiger partial charge in [0.15, 0.2) is 0 Å². The van der Waals surface area contributed by atoms with E-state index in [1.165, 1.54) is 33.2 Å². The molecule has 0 fully saturated rings. The van der Waals surface area contributed by atoms with Crippen LogP contribution in [-0.2, 0) is 13.0 Å². The zero-order chi connectivity index (χ0) is 14.8. The molecule has 0 amide bonds. The maximum absolute atomic E-state index is 5.67. The van der Waals surface area contributed by atoms with E-state index in [2.05, 4.69) is 67.1 Å². The van der Waals surface area contributed by atoms with Gasteiger partial charge in [0.05, 0.1) is 0 Å². The second-order valence-electron chi connectivity index (χ2n) is 5.87. The third kappa shape index (κ3) is 3.01.